The Balaban J connectivity index is 2.48. The number of H-pyrrole nitrogens is 1. The van der Waals surface area contributed by atoms with Gasteiger partial charge in [0.15, 0.2) is 0 Å². The Bertz CT molecular complexity index is 249. The zero-order valence-corrected chi connectivity index (χ0v) is 8.27. The largest absolute Gasteiger partial charge is 0.467 e. The van der Waals surface area contributed by atoms with Crippen molar-refractivity contribution < 1.29 is 9.53 Å². The third-order valence-corrected chi connectivity index (χ3v) is 2.12. The number of nitrogens with one attached hydrogen (secondary N) is 1. The molecule has 0 aromatic carbocycles. The molecule has 0 bridgehead atoms. The van der Waals surface area contributed by atoms with Gasteiger partial charge in [0.1, 0.15) is 0 Å². The fourth-order valence-corrected chi connectivity index (χ4v) is 1.33. The van der Waals surface area contributed by atoms with Crippen LogP contribution in [0.25, 0.3) is 0 Å². The normalized spacial score (nSPS) is 12.4. The minimum atomic E-state index is 0.166. The molecule has 78 valence electrons. The van der Waals surface area contributed by atoms with Crippen molar-refractivity contribution in [1.82, 2.24) is 15.4 Å². The fourth-order valence-electron chi connectivity index (χ4n) is 1.33. The number of carbonyl (C=O) groups excluding carboxylic acids is 1. The maximum atomic E-state index is 10.1. The number of aromatic amines is 1. The van der Waals surface area contributed by atoms with Crippen molar-refractivity contribution >= 4 is 6.47 Å². The summed E-state index contributed by atoms with van der Waals surface area (Å²) in [4.78, 5) is 10.1. The molecule has 1 N–H and O–H groups in total. The summed E-state index contributed by atoms with van der Waals surface area (Å²) in [5.74, 6) is 0.166. The molecule has 1 aromatic heterocycles. The lowest BCUT2D eigenvalue weighted by molar-refractivity contribution is -0.129. The van der Waals surface area contributed by atoms with Gasteiger partial charge in [0.2, 0.25) is 0 Å². The van der Waals surface area contributed by atoms with Gasteiger partial charge in [0.05, 0.1) is 18.5 Å². The molecule has 0 amide bonds. The van der Waals surface area contributed by atoms with E-state index in [0.717, 1.165) is 25.0 Å². The Morgan fingerprint density at radius 3 is 3.14 bits per heavy atom. The first-order valence-corrected chi connectivity index (χ1v) is 4.79. The lowest BCUT2D eigenvalue weighted by Crippen LogP contribution is -2.08. The number of rotatable bonds is 7. The predicted octanol–water partition coefficient (Wildman–Crippen LogP) is 1.25. The number of hydrogen-bond donors (Lipinski definition) is 1. The third-order valence-electron chi connectivity index (χ3n) is 2.12. The van der Waals surface area contributed by atoms with Gasteiger partial charge in [-0.05, 0) is 6.42 Å². The van der Waals surface area contributed by atoms with Gasteiger partial charge in [0, 0.05) is 5.92 Å². The Morgan fingerprint density at radius 2 is 2.57 bits per heavy atom. The number of nitrogens with zero attached hydrogens (tertiary/aromatic N) is 2. The van der Waals surface area contributed by atoms with Gasteiger partial charge < -0.3 is 4.74 Å². The lowest BCUT2D eigenvalue weighted by Gasteiger charge is -2.11. The Hall–Kier alpha value is -1.39. The molecule has 14 heavy (non-hydrogen) atoms. The van der Waals surface area contributed by atoms with E-state index in [0.29, 0.717) is 13.1 Å². The van der Waals surface area contributed by atoms with E-state index in [9.17, 15) is 4.79 Å². The molecule has 0 saturated heterocycles. The van der Waals surface area contributed by atoms with Gasteiger partial charge in [-0.3, -0.25) is 4.79 Å². The second-order valence-corrected chi connectivity index (χ2v) is 3.16. The van der Waals surface area contributed by atoms with Gasteiger partial charge in [-0.2, -0.15) is 15.4 Å². The predicted molar refractivity (Wildman–Crippen MR) is 50.7 cm³/mol. The van der Waals surface area contributed by atoms with Crippen LogP contribution in [0.2, 0.25) is 0 Å². The molecule has 1 atom stereocenters. The van der Waals surface area contributed by atoms with Gasteiger partial charge >= 0.3 is 0 Å². The minimum absolute atomic E-state index is 0.166. The van der Waals surface area contributed by atoms with Crippen LogP contribution in [0.1, 0.15) is 37.8 Å². The first-order valence-electron chi connectivity index (χ1n) is 4.79. The van der Waals surface area contributed by atoms with Crippen LogP contribution >= 0.6 is 0 Å². The summed E-state index contributed by atoms with van der Waals surface area (Å²) < 4.78 is 4.75. The van der Waals surface area contributed by atoms with Crippen LogP contribution in [0.5, 0.6) is 0 Å². The standard InChI is InChI=1S/C9H15N3O2/c1-2-3-4-8(6-14-7-13)9-5-10-12-11-9/h5,7-8H,2-4,6H2,1H3,(H,10,11,12). The summed E-state index contributed by atoms with van der Waals surface area (Å²) in [5.41, 5.74) is 0.861. The second-order valence-electron chi connectivity index (χ2n) is 3.16. The summed E-state index contributed by atoms with van der Waals surface area (Å²) in [5, 5.41) is 10.3. The zero-order valence-electron chi connectivity index (χ0n) is 8.27. The maximum Gasteiger partial charge on any atom is 0.293 e. The SMILES string of the molecule is CCCCC(COC=O)c1cn[nH]n1. The van der Waals surface area contributed by atoms with E-state index in [1.807, 2.05) is 0 Å². The lowest BCUT2D eigenvalue weighted by atomic mass is 10.0. The van der Waals surface area contributed by atoms with E-state index in [2.05, 4.69) is 22.3 Å². The molecule has 0 aliphatic carbocycles. The molecular formula is C9H15N3O2. The molecule has 0 spiro atoms. The van der Waals surface area contributed by atoms with Crippen molar-refractivity contribution in [1.29, 1.82) is 0 Å². The van der Waals surface area contributed by atoms with Crippen molar-refractivity contribution in [3.8, 4) is 0 Å². The van der Waals surface area contributed by atoms with E-state index >= 15 is 0 Å². The Morgan fingerprint density at radius 1 is 1.71 bits per heavy atom. The minimum Gasteiger partial charge on any atom is -0.467 e. The quantitative estimate of drug-likeness (QED) is 0.668. The molecule has 1 rings (SSSR count). The van der Waals surface area contributed by atoms with Crippen LogP contribution in [-0.4, -0.2) is 28.5 Å². The second kappa shape index (κ2) is 6.12. The highest BCUT2D eigenvalue weighted by molar-refractivity contribution is 5.37. The van der Waals surface area contributed by atoms with Gasteiger partial charge in [0.25, 0.3) is 6.47 Å². The molecule has 0 aliphatic heterocycles. The van der Waals surface area contributed by atoms with Crippen LogP contribution in [0.4, 0.5) is 0 Å². The molecule has 1 heterocycles. The average Bonchev–Trinajstić information content (AvgIpc) is 2.71. The Kier molecular flexibility index (Phi) is 4.68. The van der Waals surface area contributed by atoms with Crippen molar-refractivity contribution in [3.63, 3.8) is 0 Å². The summed E-state index contributed by atoms with van der Waals surface area (Å²) in [6.45, 7) is 2.98. The Labute approximate surface area is 82.8 Å². The maximum absolute atomic E-state index is 10.1. The molecule has 0 aliphatic rings. The van der Waals surface area contributed by atoms with Crippen LogP contribution in [0.3, 0.4) is 0 Å². The van der Waals surface area contributed by atoms with Crippen molar-refractivity contribution in [2.75, 3.05) is 6.61 Å². The molecule has 5 nitrogen and oxygen atoms in total. The summed E-state index contributed by atoms with van der Waals surface area (Å²) in [7, 11) is 0. The highest BCUT2D eigenvalue weighted by atomic mass is 16.5. The number of ether oxygens (including phenoxy) is 1. The topological polar surface area (TPSA) is 67.9 Å². The molecule has 1 aromatic rings. The molecule has 0 saturated carbocycles. The molecule has 0 fully saturated rings. The molecule has 5 heteroatoms. The molecule has 0 radical (unpaired) electrons. The smallest absolute Gasteiger partial charge is 0.293 e. The van der Waals surface area contributed by atoms with E-state index < -0.39 is 0 Å². The van der Waals surface area contributed by atoms with Crippen LogP contribution in [0, 0.1) is 0 Å². The van der Waals surface area contributed by atoms with Crippen LogP contribution in [-0.2, 0) is 9.53 Å². The highest BCUT2D eigenvalue weighted by Crippen LogP contribution is 2.19. The highest BCUT2D eigenvalue weighted by Gasteiger charge is 2.14. The van der Waals surface area contributed by atoms with Gasteiger partial charge in [-0.25, -0.2) is 0 Å². The summed E-state index contributed by atoms with van der Waals surface area (Å²) >= 11 is 0. The van der Waals surface area contributed by atoms with Crippen molar-refractivity contribution in [2.45, 2.75) is 32.1 Å². The number of unbranched alkanes of at least 4 members (excludes halogenated alkanes) is 1. The van der Waals surface area contributed by atoms with Crippen molar-refractivity contribution in [3.05, 3.63) is 11.9 Å². The van der Waals surface area contributed by atoms with E-state index in [1.165, 1.54) is 0 Å². The summed E-state index contributed by atoms with van der Waals surface area (Å²) in [6.07, 6.45) is 4.86. The zero-order chi connectivity index (χ0) is 10.2. The fraction of sp³-hybridized carbons (Fsp3) is 0.667. The number of carbonyl (C=O) groups is 1. The van der Waals surface area contributed by atoms with Crippen LogP contribution in [0.15, 0.2) is 6.20 Å². The van der Waals surface area contributed by atoms with E-state index in [1.54, 1.807) is 6.20 Å². The summed E-state index contributed by atoms with van der Waals surface area (Å²) in [6, 6.07) is 0. The van der Waals surface area contributed by atoms with E-state index in [4.69, 9.17) is 4.74 Å². The molecular weight excluding hydrogens is 182 g/mol. The van der Waals surface area contributed by atoms with Gasteiger partial charge in [-0.15, -0.1) is 0 Å². The van der Waals surface area contributed by atoms with Crippen molar-refractivity contribution in [2.24, 2.45) is 0 Å². The first-order chi connectivity index (χ1) is 6.88. The van der Waals surface area contributed by atoms with Gasteiger partial charge in [-0.1, -0.05) is 19.8 Å². The average molecular weight is 197 g/mol. The van der Waals surface area contributed by atoms with Crippen LogP contribution < -0.4 is 0 Å². The first kappa shape index (κ1) is 10.7. The van der Waals surface area contributed by atoms with E-state index in [-0.39, 0.29) is 5.92 Å². The molecule has 1 unspecified atom stereocenters. The monoisotopic (exact) mass is 197 g/mol. The number of aromatic nitrogens is 3. The number of hydrogen-bond acceptors (Lipinski definition) is 4. The third kappa shape index (κ3) is 3.16.